The van der Waals surface area contributed by atoms with E-state index in [1.54, 1.807) is 0 Å². The SMILES string of the molecule is C=Cc1cc(C(=O)O)c(=O)n(C)c1. The highest BCUT2D eigenvalue weighted by Crippen LogP contribution is 2.01. The van der Waals surface area contributed by atoms with Crippen LogP contribution in [-0.4, -0.2) is 15.6 Å². The van der Waals surface area contributed by atoms with Gasteiger partial charge in [0.05, 0.1) is 0 Å². The Morgan fingerprint density at radius 2 is 2.31 bits per heavy atom. The van der Waals surface area contributed by atoms with Gasteiger partial charge in [0.1, 0.15) is 5.56 Å². The van der Waals surface area contributed by atoms with Gasteiger partial charge in [-0.25, -0.2) is 4.79 Å². The molecule has 1 rings (SSSR count). The van der Waals surface area contributed by atoms with Crippen molar-refractivity contribution < 1.29 is 9.90 Å². The molecule has 0 unspecified atom stereocenters. The van der Waals surface area contributed by atoms with Crippen LogP contribution in [0.5, 0.6) is 0 Å². The van der Waals surface area contributed by atoms with E-state index in [0.717, 1.165) is 0 Å². The zero-order valence-electron chi connectivity index (χ0n) is 7.15. The van der Waals surface area contributed by atoms with E-state index in [1.165, 1.54) is 30.0 Å². The van der Waals surface area contributed by atoms with Crippen LogP contribution in [-0.2, 0) is 7.05 Å². The van der Waals surface area contributed by atoms with Crippen LogP contribution in [0.25, 0.3) is 6.08 Å². The maximum absolute atomic E-state index is 11.2. The van der Waals surface area contributed by atoms with Crippen LogP contribution in [0.15, 0.2) is 23.6 Å². The van der Waals surface area contributed by atoms with Gasteiger partial charge < -0.3 is 9.67 Å². The lowest BCUT2D eigenvalue weighted by atomic mass is 10.2. The molecule has 1 heterocycles. The average molecular weight is 179 g/mol. The van der Waals surface area contributed by atoms with Crippen LogP contribution in [0.1, 0.15) is 15.9 Å². The molecular weight excluding hydrogens is 170 g/mol. The third kappa shape index (κ3) is 1.66. The summed E-state index contributed by atoms with van der Waals surface area (Å²) in [4.78, 5) is 21.8. The minimum atomic E-state index is -1.22. The van der Waals surface area contributed by atoms with Gasteiger partial charge in [-0.2, -0.15) is 0 Å². The first-order valence-corrected chi connectivity index (χ1v) is 3.62. The van der Waals surface area contributed by atoms with Crippen molar-refractivity contribution >= 4 is 12.0 Å². The van der Waals surface area contributed by atoms with Crippen LogP contribution in [0, 0.1) is 0 Å². The van der Waals surface area contributed by atoms with Gasteiger partial charge in [0.25, 0.3) is 5.56 Å². The third-order valence-electron chi connectivity index (χ3n) is 1.67. The Kier molecular flexibility index (Phi) is 2.32. The first-order chi connectivity index (χ1) is 6.06. The van der Waals surface area contributed by atoms with E-state index in [1.807, 2.05) is 0 Å². The van der Waals surface area contributed by atoms with Crippen LogP contribution >= 0.6 is 0 Å². The molecule has 0 atom stereocenters. The van der Waals surface area contributed by atoms with Gasteiger partial charge in [0, 0.05) is 13.2 Å². The highest BCUT2D eigenvalue weighted by molar-refractivity contribution is 5.87. The molecule has 0 spiro atoms. The molecule has 1 aromatic rings. The summed E-state index contributed by atoms with van der Waals surface area (Å²) in [5.41, 5.74) is -0.141. The fraction of sp³-hybridized carbons (Fsp3) is 0.111. The van der Waals surface area contributed by atoms with E-state index in [-0.39, 0.29) is 5.56 Å². The normalized spacial score (nSPS) is 9.62. The molecule has 0 aliphatic rings. The summed E-state index contributed by atoms with van der Waals surface area (Å²) in [5, 5.41) is 8.66. The lowest BCUT2D eigenvalue weighted by Crippen LogP contribution is -2.23. The molecule has 13 heavy (non-hydrogen) atoms. The fourth-order valence-corrected chi connectivity index (χ4v) is 1.00. The first-order valence-electron chi connectivity index (χ1n) is 3.62. The number of hydrogen-bond acceptors (Lipinski definition) is 2. The van der Waals surface area contributed by atoms with Gasteiger partial charge in [0.2, 0.25) is 0 Å². The van der Waals surface area contributed by atoms with E-state index < -0.39 is 11.5 Å². The van der Waals surface area contributed by atoms with Gasteiger partial charge in [0.15, 0.2) is 0 Å². The zero-order valence-corrected chi connectivity index (χ0v) is 7.15. The number of aromatic carboxylic acids is 1. The van der Waals surface area contributed by atoms with Gasteiger partial charge in [-0.3, -0.25) is 4.79 Å². The van der Waals surface area contributed by atoms with Crippen LogP contribution in [0.2, 0.25) is 0 Å². The van der Waals surface area contributed by atoms with Gasteiger partial charge >= 0.3 is 5.97 Å². The zero-order chi connectivity index (χ0) is 10.0. The monoisotopic (exact) mass is 179 g/mol. The summed E-state index contributed by atoms with van der Waals surface area (Å²) < 4.78 is 1.22. The van der Waals surface area contributed by atoms with Crippen molar-refractivity contribution in [2.24, 2.45) is 7.05 Å². The molecule has 0 aromatic carbocycles. The quantitative estimate of drug-likeness (QED) is 0.727. The molecule has 0 saturated carbocycles. The molecular formula is C9H9NO3. The van der Waals surface area contributed by atoms with Gasteiger partial charge in [-0.1, -0.05) is 12.7 Å². The summed E-state index contributed by atoms with van der Waals surface area (Å²) in [5.74, 6) is -1.22. The second-order valence-corrected chi connectivity index (χ2v) is 2.61. The van der Waals surface area contributed by atoms with Crippen LogP contribution in [0.3, 0.4) is 0 Å². The fourth-order valence-electron chi connectivity index (χ4n) is 1.00. The molecule has 0 amide bonds. The molecule has 4 nitrogen and oxygen atoms in total. The summed E-state index contributed by atoms with van der Waals surface area (Å²) in [6, 6.07) is 1.30. The molecule has 0 saturated heterocycles. The van der Waals surface area contributed by atoms with E-state index in [0.29, 0.717) is 5.56 Å². The molecule has 0 aliphatic carbocycles. The predicted molar refractivity (Wildman–Crippen MR) is 48.7 cm³/mol. The molecule has 1 aromatic heterocycles. The van der Waals surface area contributed by atoms with E-state index in [4.69, 9.17) is 5.11 Å². The molecule has 0 aliphatic heterocycles. The number of carboxylic acid groups (broad SMARTS) is 1. The predicted octanol–water partition coefficient (Wildman–Crippen LogP) is 0.727. The first kappa shape index (κ1) is 9.25. The van der Waals surface area contributed by atoms with Crippen LogP contribution < -0.4 is 5.56 Å². The highest BCUT2D eigenvalue weighted by Gasteiger charge is 2.09. The maximum Gasteiger partial charge on any atom is 0.341 e. The summed E-state index contributed by atoms with van der Waals surface area (Å²) >= 11 is 0. The van der Waals surface area contributed by atoms with Crippen molar-refractivity contribution in [3.05, 3.63) is 40.3 Å². The number of nitrogens with zero attached hydrogens (tertiary/aromatic N) is 1. The number of carbonyl (C=O) groups is 1. The Bertz CT molecular complexity index is 417. The van der Waals surface area contributed by atoms with Crippen molar-refractivity contribution in [2.45, 2.75) is 0 Å². The Balaban J connectivity index is 3.51. The molecule has 0 radical (unpaired) electrons. The minimum absolute atomic E-state index is 0.236. The number of pyridine rings is 1. The molecule has 4 heteroatoms. The lowest BCUT2D eigenvalue weighted by molar-refractivity contribution is 0.0694. The number of aromatic nitrogens is 1. The van der Waals surface area contributed by atoms with E-state index >= 15 is 0 Å². The minimum Gasteiger partial charge on any atom is -0.477 e. The smallest absolute Gasteiger partial charge is 0.341 e. The van der Waals surface area contributed by atoms with Crippen molar-refractivity contribution in [1.29, 1.82) is 0 Å². The van der Waals surface area contributed by atoms with Gasteiger partial charge in [-0.05, 0) is 11.6 Å². The largest absolute Gasteiger partial charge is 0.477 e. The Hall–Kier alpha value is -1.84. The number of rotatable bonds is 2. The number of carboxylic acids is 1. The second-order valence-electron chi connectivity index (χ2n) is 2.61. The Labute approximate surface area is 74.7 Å². The van der Waals surface area contributed by atoms with Crippen LogP contribution in [0.4, 0.5) is 0 Å². The summed E-state index contributed by atoms with van der Waals surface area (Å²) in [6.07, 6.45) is 3.02. The van der Waals surface area contributed by atoms with Crippen molar-refractivity contribution in [1.82, 2.24) is 4.57 Å². The molecule has 0 fully saturated rings. The van der Waals surface area contributed by atoms with Gasteiger partial charge in [-0.15, -0.1) is 0 Å². The van der Waals surface area contributed by atoms with Crippen molar-refractivity contribution in [3.8, 4) is 0 Å². The molecule has 1 N–H and O–H groups in total. The van der Waals surface area contributed by atoms with E-state index in [2.05, 4.69) is 6.58 Å². The maximum atomic E-state index is 11.2. The number of aryl methyl sites for hydroxylation is 1. The second kappa shape index (κ2) is 3.26. The van der Waals surface area contributed by atoms with Crippen molar-refractivity contribution in [2.75, 3.05) is 0 Å². The van der Waals surface area contributed by atoms with Crippen molar-refractivity contribution in [3.63, 3.8) is 0 Å². The Morgan fingerprint density at radius 1 is 1.69 bits per heavy atom. The average Bonchev–Trinajstić information content (AvgIpc) is 2.09. The highest BCUT2D eigenvalue weighted by atomic mass is 16.4. The molecule has 0 bridgehead atoms. The lowest BCUT2D eigenvalue weighted by Gasteiger charge is -2.01. The molecule has 68 valence electrons. The standard InChI is InChI=1S/C9H9NO3/c1-3-6-4-7(9(12)13)8(11)10(2)5-6/h3-5H,1H2,2H3,(H,12,13). The third-order valence-corrected chi connectivity index (χ3v) is 1.67. The summed E-state index contributed by atoms with van der Waals surface area (Å²) in [7, 11) is 1.50. The van der Waals surface area contributed by atoms with E-state index in [9.17, 15) is 9.59 Å². The number of hydrogen-bond donors (Lipinski definition) is 1. The summed E-state index contributed by atoms with van der Waals surface area (Å²) in [6.45, 7) is 3.49. The Morgan fingerprint density at radius 3 is 2.77 bits per heavy atom. The topological polar surface area (TPSA) is 59.3 Å².